The second-order valence-corrected chi connectivity index (χ2v) is 7.96. The second-order valence-electron chi connectivity index (χ2n) is 7.96. The summed E-state index contributed by atoms with van der Waals surface area (Å²) in [4.78, 5) is 12.9. The van der Waals surface area contributed by atoms with Crippen molar-refractivity contribution in [3.8, 4) is 29.2 Å². The van der Waals surface area contributed by atoms with Gasteiger partial charge in [-0.3, -0.25) is 0 Å². The van der Waals surface area contributed by atoms with Crippen LogP contribution in [-0.2, 0) is 0 Å². The highest BCUT2D eigenvalue weighted by molar-refractivity contribution is 5.80. The summed E-state index contributed by atoms with van der Waals surface area (Å²) < 4.78 is 20.5. The van der Waals surface area contributed by atoms with E-state index in [1.165, 1.54) is 6.20 Å². The summed E-state index contributed by atoms with van der Waals surface area (Å²) in [6, 6.07) is 9.58. The van der Waals surface area contributed by atoms with Crippen LogP contribution in [-0.4, -0.2) is 34.3 Å². The van der Waals surface area contributed by atoms with Gasteiger partial charge in [-0.2, -0.15) is 0 Å². The number of ether oxygens (including phenoxy) is 1. The molecule has 0 spiro atoms. The number of benzene rings is 1. The Bertz CT molecular complexity index is 1090. The lowest BCUT2D eigenvalue weighted by Crippen LogP contribution is -2.34. The van der Waals surface area contributed by atoms with Gasteiger partial charge in [0.1, 0.15) is 28.7 Å². The van der Waals surface area contributed by atoms with Crippen molar-refractivity contribution in [1.82, 2.24) is 15.0 Å². The molecule has 0 saturated heterocycles. The predicted molar refractivity (Wildman–Crippen MR) is 125 cm³/mol. The van der Waals surface area contributed by atoms with Crippen LogP contribution in [0.5, 0.6) is 5.75 Å². The molecule has 2 aromatic heterocycles. The molecule has 164 valence electrons. The molecule has 1 saturated carbocycles. The third kappa shape index (κ3) is 5.14. The summed E-state index contributed by atoms with van der Waals surface area (Å²) in [5.74, 6) is 4.31. The Balaban J connectivity index is 1.61. The molecule has 2 N–H and O–H groups in total. The molecule has 2 heterocycles. The molecule has 0 aliphatic heterocycles. The van der Waals surface area contributed by atoms with Crippen LogP contribution in [0.4, 0.5) is 21.7 Å². The number of nitrogens with one attached hydrogen (secondary N) is 2. The Kier molecular flexibility index (Phi) is 6.50. The normalized spacial score (nSPS) is 14.9. The van der Waals surface area contributed by atoms with E-state index in [0.29, 0.717) is 30.2 Å². The Morgan fingerprint density at radius 2 is 1.78 bits per heavy atom. The van der Waals surface area contributed by atoms with E-state index in [2.05, 4.69) is 31.5 Å². The van der Waals surface area contributed by atoms with Crippen molar-refractivity contribution in [3.05, 3.63) is 54.6 Å². The van der Waals surface area contributed by atoms with Gasteiger partial charge in [0.25, 0.3) is 0 Å². The van der Waals surface area contributed by atoms with Gasteiger partial charge in [-0.15, -0.1) is 6.42 Å². The summed E-state index contributed by atoms with van der Waals surface area (Å²) in [6.07, 6.45) is 14.3. The molecule has 0 atom stereocenters. The lowest BCUT2D eigenvalue weighted by molar-refractivity contribution is 0.122. The smallest absolute Gasteiger partial charge is 0.150 e. The zero-order valence-corrected chi connectivity index (χ0v) is 18.1. The third-order valence-electron chi connectivity index (χ3n) is 5.71. The monoisotopic (exact) mass is 431 g/mol. The van der Waals surface area contributed by atoms with Gasteiger partial charge in [0.15, 0.2) is 0 Å². The molecule has 3 aromatic rings. The number of terminal acetylenes is 1. The number of rotatable bonds is 7. The summed E-state index contributed by atoms with van der Waals surface area (Å²) in [5, 5.41) is 6.48. The topological polar surface area (TPSA) is 72.0 Å². The van der Waals surface area contributed by atoms with Gasteiger partial charge in [0.2, 0.25) is 0 Å². The molecule has 4 rings (SSSR count). The van der Waals surface area contributed by atoms with Crippen LogP contribution < -0.4 is 15.4 Å². The summed E-state index contributed by atoms with van der Waals surface area (Å²) in [7, 11) is 1.63. The van der Waals surface area contributed by atoms with Gasteiger partial charge in [0.05, 0.1) is 19.5 Å². The van der Waals surface area contributed by atoms with Crippen molar-refractivity contribution in [3.63, 3.8) is 0 Å². The van der Waals surface area contributed by atoms with Crippen molar-refractivity contribution in [2.75, 3.05) is 24.3 Å². The van der Waals surface area contributed by atoms with Crippen LogP contribution in [0.2, 0.25) is 0 Å². The van der Waals surface area contributed by atoms with Crippen LogP contribution in [0, 0.1) is 12.3 Å². The Morgan fingerprint density at radius 1 is 1.03 bits per heavy atom. The standard InChI is InChI=1S/C25H26FN5O/c1-3-19-14-28-24(16-27-19)31-23-13-22(30-17-25(26)11-5-4-6-12-25)21(15-29-23)18-7-9-20(32-2)10-8-18/h1,7-10,13-16H,4-6,11-12,17H2,2H3,(H2,28,29,30,31). The minimum atomic E-state index is -1.19. The molecule has 32 heavy (non-hydrogen) atoms. The molecule has 1 aromatic carbocycles. The number of anilines is 3. The van der Waals surface area contributed by atoms with E-state index in [0.717, 1.165) is 41.8 Å². The first-order chi connectivity index (χ1) is 15.6. The maximum absolute atomic E-state index is 15.3. The largest absolute Gasteiger partial charge is 0.497 e. The maximum atomic E-state index is 15.3. The van der Waals surface area contributed by atoms with E-state index in [4.69, 9.17) is 11.2 Å². The lowest BCUT2D eigenvalue weighted by Gasteiger charge is -2.30. The molecule has 0 bridgehead atoms. The molecule has 1 aliphatic rings. The number of pyridine rings is 1. The van der Waals surface area contributed by atoms with E-state index in [1.54, 1.807) is 19.5 Å². The quantitative estimate of drug-likeness (QED) is 0.491. The third-order valence-corrected chi connectivity index (χ3v) is 5.71. The number of aromatic nitrogens is 3. The highest BCUT2D eigenvalue weighted by atomic mass is 19.1. The van der Waals surface area contributed by atoms with Crippen LogP contribution >= 0.6 is 0 Å². The second kappa shape index (κ2) is 9.65. The van der Waals surface area contributed by atoms with Gasteiger partial charge in [0, 0.05) is 30.1 Å². The summed E-state index contributed by atoms with van der Waals surface area (Å²) >= 11 is 0. The first-order valence-electron chi connectivity index (χ1n) is 10.7. The van der Waals surface area contributed by atoms with E-state index < -0.39 is 5.67 Å². The number of hydrogen-bond acceptors (Lipinski definition) is 6. The molecular formula is C25H26FN5O. The van der Waals surface area contributed by atoms with Gasteiger partial charge in [-0.25, -0.2) is 19.3 Å². The van der Waals surface area contributed by atoms with E-state index in [9.17, 15) is 0 Å². The van der Waals surface area contributed by atoms with E-state index in [-0.39, 0.29) is 6.54 Å². The molecule has 1 aliphatic carbocycles. The Labute approximate surface area is 187 Å². The van der Waals surface area contributed by atoms with Crippen molar-refractivity contribution < 1.29 is 9.13 Å². The predicted octanol–water partition coefficient (Wildman–Crippen LogP) is 5.36. The number of halogens is 1. The molecule has 7 heteroatoms. The zero-order valence-electron chi connectivity index (χ0n) is 18.1. The highest BCUT2D eigenvalue weighted by Crippen LogP contribution is 2.35. The molecule has 0 amide bonds. The molecule has 1 fully saturated rings. The van der Waals surface area contributed by atoms with E-state index >= 15 is 4.39 Å². The summed E-state index contributed by atoms with van der Waals surface area (Å²) in [5.41, 5.74) is 1.90. The molecule has 0 unspecified atom stereocenters. The van der Waals surface area contributed by atoms with Crippen LogP contribution in [0.3, 0.4) is 0 Å². The average Bonchev–Trinajstić information content (AvgIpc) is 2.84. The van der Waals surface area contributed by atoms with E-state index in [1.807, 2.05) is 30.3 Å². The maximum Gasteiger partial charge on any atom is 0.150 e. The first kappa shape index (κ1) is 21.6. The highest BCUT2D eigenvalue weighted by Gasteiger charge is 2.31. The lowest BCUT2D eigenvalue weighted by atomic mass is 9.86. The van der Waals surface area contributed by atoms with Crippen LogP contribution in [0.15, 0.2) is 48.9 Å². The fraction of sp³-hybridized carbons (Fsp3) is 0.320. The Morgan fingerprint density at radius 3 is 2.44 bits per heavy atom. The number of hydrogen-bond donors (Lipinski definition) is 2. The van der Waals surface area contributed by atoms with Crippen molar-refractivity contribution >= 4 is 17.3 Å². The molecule has 6 nitrogen and oxygen atoms in total. The van der Waals surface area contributed by atoms with Crippen LogP contribution in [0.1, 0.15) is 37.8 Å². The summed E-state index contributed by atoms with van der Waals surface area (Å²) in [6.45, 7) is 0.260. The minimum absolute atomic E-state index is 0.260. The van der Waals surface area contributed by atoms with Crippen molar-refractivity contribution in [1.29, 1.82) is 0 Å². The van der Waals surface area contributed by atoms with Crippen molar-refractivity contribution in [2.24, 2.45) is 0 Å². The first-order valence-corrected chi connectivity index (χ1v) is 10.7. The average molecular weight is 432 g/mol. The number of alkyl halides is 1. The minimum Gasteiger partial charge on any atom is -0.497 e. The van der Waals surface area contributed by atoms with Gasteiger partial charge < -0.3 is 15.4 Å². The Hall–Kier alpha value is -3.66. The molecule has 0 radical (unpaired) electrons. The SMILES string of the molecule is C#Cc1cnc(Nc2cc(NCC3(F)CCCCC3)c(-c3ccc(OC)cc3)cn2)cn1. The van der Waals surface area contributed by atoms with Crippen LogP contribution in [0.25, 0.3) is 11.1 Å². The number of methoxy groups -OCH3 is 1. The van der Waals surface area contributed by atoms with Gasteiger partial charge >= 0.3 is 0 Å². The van der Waals surface area contributed by atoms with Gasteiger partial charge in [-0.1, -0.05) is 31.4 Å². The fourth-order valence-electron chi connectivity index (χ4n) is 3.88. The fourth-order valence-corrected chi connectivity index (χ4v) is 3.88. The molecular weight excluding hydrogens is 405 g/mol. The zero-order chi connectivity index (χ0) is 22.4. The van der Waals surface area contributed by atoms with Gasteiger partial charge in [-0.05, 0) is 36.5 Å². The van der Waals surface area contributed by atoms with Crippen molar-refractivity contribution in [2.45, 2.75) is 37.8 Å². The number of nitrogens with zero attached hydrogens (tertiary/aromatic N) is 3.